The van der Waals surface area contributed by atoms with Gasteiger partial charge in [-0.05, 0) is 55.8 Å². The maximum absolute atomic E-state index is 13.0. The smallest absolute Gasteiger partial charge is 0.263 e. The zero-order valence-corrected chi connectivity index (χ0v) is 15.1. The number of aryl methyl sites for hydroxylation is 2. The van der Waals surface area contributed by atoms with Gasteiger partial charge in [-0.1, -0.05) is 36.5 Å². The van der Waals surface area contributed by atoms with Gasteiger partial charge < -0.3 is 4.98 Å². The summed E-state index contributed by atoms with van der Waals surface area (Å²) in [6.07, 6.45) is 18.2. The van der Waals surface area contributed by atoms with Crippen molar-refractivity contribution in [3.8, 4) is 0 Å². The fraction of sp³-hybridized carbons (Fsp3) is 0.368. The van der Waals surface area contributed by atoms with Crippen molar-refractivity contribution in [3.63, 3.8) is 0 Å². The average Bonchev–Trinajstić information content (AvgIpc) is 2.97. The molecule has 0 saturated carbocycles. The van der Waals surface area contributed by atoms with Gasteiger partial charge in [0, 0.05) is 11.4 Å². The third-order valence-corrected chi connectivity index (χ3v) is 6.31. The summed E-state index contributed by atoms with van der Waals surface area (Å²) in [5, 5.41) is 0.872. The van der Waals surface area contributed by atoms with Gasteiger partial charge in [0.25, 0.3) is 5.56 Å². The Balaban J connectivity index is 1.69. The molecule has 2 aliphatic rings. The zero-order chi connectivity index (χ0) is 16.5. The van der Waals surface area contributed by atoms with Crippen molar-refractivity contribution in [2.24, 2.45) is 5.92 Å². The van der Waals surface area contributed by atoms with Gasteiger partial charge in [-0.3, -0.25) is 9.36 Å². The minimum atomic E-state index is 0.0666. The summed E-state index contributed by atoms with van der Waals surface area (Å²) in [5.74, 6) is 0.417. The molecule has 2 aromatic heterocycles. The van der Waals surface area contributed by atoms with E-state index < -0.39 is 0 Å². The first kappa shape index (κ1) is 15.8. The molecule has 2 aromatic rings. The lowest BCUT2D eigenvalue weighted by molar-refractivity contribution is 0.697. The van der Waals surface area contributed by atoms with Crippen LogP contribution in [0.3, 0.4) is 0 Å². The number of hydrogen-bond acceptors (Lipinski definition) is 3. The van der Waals surface area contributed by atoms with Crippen molar-refractivity contribution in [1.29, 1.82) is 0 Å². The lowest BCUT2D eigenvalue weighted by Crippen LogP contribution is -2.22. The molecule has 124 valence electrons. The van der Waals surface area contributed by atoms with Gasteiger partial charge in [-0.2, -0.15) is 0 Å². The Labute approximate surface area is 150 Å². The molecule has 3 nitrogen and oxygen atoms in total. The van der Waals surface area contributed by atoms with Crippen molar-refractivity contribution >= 4 is 33.8 Å². The van der Waals surface area contributed by atoms with Crippen LogP contribution in [0.15, 0.2) is 41.3 Å². The number of aromatic nitrogens is 2. The summed E-state index contributed by atoms with van der Waals surface area (Å²) in [5.41, 5.74) is 1.33. The normalized spacial score (nSPS) is 20.1. The number of hydrogen-bond donors (Lipinski definition) is 1. The zero-order valence-electron chi connectivity index (χ0n) is 13.5. The number of nitrogens with one attached hydrogen (secondary N) is 1. The summed E-state index contributed by atoms with van der Waals surface area (Å²) in [6, 6.07) is 0. The maximum Gasteiger partial charge on any atom is 0.263 e. The molecular formula is C19H20N2OS2. The minimum absolute atomic E-state index is 0.0666. The van der Waals surface area contributed by atoms with E-state index in [2.05, 4.69) is 41.4 Å². The third kappa shape index (κ3) is 2.87. The molecule has 2 aliphatic carbocycles. The van der Waals surface area contributed by atoms with Crippen molar-refractivity contribution < 1.29 is 0 Å². The van der Waals surface area contributed by atoms with Crippen LogP contribution >= 0.6 is 23.6 Å². The fourth-order valence-electron chi connectivity index (χ4n) is 3.52. The van der Waals surface area contributed by atoms with E-state index in [9.17, 15) is 4.79 Å². The molecule has 2 heterocycles. The highest BCUT2D eigenvalue weighted by atomic mass is 32.1. The average molecular weight is 357 g/mol. The SMILES string of the molecule is O=c1c2c3c(sc2[nH]c(=S)n1C/C=C/C1C=CC=CC1)CCCC3. The van der Waals surface area contributed by atoms with E-state index in [4.69, 9.17) is 12.2 Å². The van der Waals surface area contributed by atoms with Crippen LogP contribution in [0.2, 0.25) is 0 Å². The van der Waals surface area contributed by atoms with Crippen molar-refractivity contribution in [2.45, 2.75) is 38.6 Å². The highest BCUT2D eigenvalue weighted by molar-refractivity contribution is 7.71. The Kier molecular flexibility index (Phi) is 4.37. The van der Waals surface area contributed by atoms with E-state index in [1.807, 2.05) is 0 Å². The molecule has 0 bridgehead atoms. The second kappa shape index (κ2) is 6.65. The van der Waals surface area contributed by atoms with Crippen molar-refractivity contribution in [3.05, 3.63) is 62.0 Å². The number of thiophene rings is 1. The summed E-state index contributed by atoms with van der Waals surface area (Å²) in [4.78, 5) is 18.6. The van der Waals surface area contributed by atoms with Crippen LogP contribution in [0.4, 0.5) is 0 Å². The van der Waals surface area contributed by atoms with E-state index >= 15 is 0 Å². The van der Waals surface area contributed by atoms with Gasteiger partial charge in [-0.15, -0.1) is 11.3 Å². The van der Waals surface area contributed by atoms with E-state index in [1.165, 1.54) is 23.3 Å². The predicted octanol–water partition coefficient (Wildman–Crippen LogP) is 4.69. The van der Waals surface area contributed by atoms with Crippen LogP contribution in [-0.4, -0.2) is 9.55 Å². The molecule has 1 atom stereocenters. The summed E-state index contributed by atoms with van der Waals surface area (Å²) in [6.45, 7) is 0.531. The molecule has 1 N–H and O–H groups in total. The summed E-state index contributed by atoms with van der Waals surface area (Å²) < 4.78 is 2.22. The molecule has 24 heavy (non-hydrogen) atoms. The third-order valence-electron chi connectivity index (χ3n) is 4.78. The number of nitrogens with zero attached hydrogens (tertiary/aromatic N) is 1. The van der Waals surface area contributed by atoms with E-state index in [1.54, 1.807) is 15.9 Å². The highest BCUT2D eigenvalue weighted by Gasteiger charge is 2.19. The monoisotopic (exact) mass is 356 g/mol. The first-order valence-corrected chi connectivity index (χ1v) is 9.74. The number of allylic oxidation sites excluding steroid dienone is 6. The minimum Gasteiger partial charge on any atom is -0.323 e. The highest BCUT2D eigenvalue weighted by Crippen LogP contribution is 2.33. The Bertz CT molecular complexity index is 972. The molecule has 5 heteroatoms. The van der Waals surface area contributed by atoms with Gasteiger partial charge in [-0.25, -0.2) is 0 Å². The molecule has 0 fully saturated rings. The number of fused-ring (bicyclic) bond motifs is 3. The predicted molar refractivity (Wildman–Crippen MR) is 103 cm³/mol. The second-order valence-corrected chi connectivity index (χ2v) is 7.89. The topological polar surface area (TPSA) is 37.8 Å². The van der Waals surface area contributed by atoms with Crippen molar-refractivity contribution in [1.82, 2.24) is 9.55 Å². The molecule has 1 unspecified atom stereocenters. The van der Waals surface area contributed by atoms with E-state index in [0.29, 0.717) is 17.2 Å². The largest absolute Gasteiger partial charge is 0.323 e. The van der Waals surface area contributed by atoms with Crippen molar-refractivity contribution in [2.75, 3.05) is 0 Å². The second-order valence-electron chi connectivity index (χ2n) is 6.40. The quantitative estimate of drug-likeness (QED) is 0.640. The Morgan fingerprint density at radius 2 is 2.21 bits per heavy atom. The molecule has 0 aliphatic heterocycles. The molecular weight excluding hydrogens is 336 g/mol. The molecule has 0 saturated heterocycles. The first-order chi connectivity index (χ1) is 11.7. The molecule has 0 spiro atoms. The summed E-state index contributed by atoms with van der Waals surface area (Å²) >= 11 is 7.15. The fourth-order valence-corrected chi connectivity index (χ4v) is 5.13. The Morgan fingerprint density at radius 3 is 3.04 bits per heavy atom. The van der Waals surface area contributed by atoms with Crippen LogP contribution in [0.5, 0.6) is 0 Å². The van der Waals surface area contributed by atoms with Crippen LogP contribution in [0.25, 0.3) is 10.2 Å². The molecule has 0 amide bonds. The van der Waals surface area contributed by atoms with Crippen LogP contribution in [0, 0.1) is 10.7 Å². The van der Waals surface area contributed by atoms with E-state index in [0.717, 1.165) is 29.5 Å². The number of rotatable bonds is 3. The van der Waals surface area contributed by atoms with Crippen LogP contribution in [0.1, 0.15) is 29.7 Å². The number of H-pyrrole nitrogens is 1. The van der Waals surface area contributed by atoms with E-state index in [-0.39, 0.29) is 5.56 Å². The van der Waals surface area contributed by atoms with Gasteiger partial charge >= 0.3 is 0 Å². The van der Waals surface area contributed by atoms with Crippen LogP contribution in [-0.2, 0) is 19.4 Å². The molecule has 4 rings (SSSR count). The lowest BCUT2D eigenvalue weighted by Gasteiger charge is -2.10. The standard InChI is InChI=1S/C19H20N2OS2/c22-18-16-14-10-4-5-11-15(14)24-17(16)20-19(23)21(18)12-6-9-13-7-2-1-3-8-13/h1-3,6-7,9,13H,4-5,8,10-12H2,(H,20,23)/b9-6+. The maximum atomic E-state index is 13.0. The van der Waals surface area contributed by atoms with Gasteiger partial charge in [0.15, 0.2) is 4.77 Å². The Morgan fingerprint density at radius 1 is 1.33 bits per heavy atom. The van der Waals surface area contributed by atoms with Gasteiger partial charge in [0.1, 0.15) is 4.83 Å². The van der Waals surface area contributed by atoms with Gasteiger partial charge in [0.05, 0.1) is 5.39 Å². The number of aromatic amines is 1. The van der Waals surface area contributed by atoms with Gasteiger partial charge in [0.2, 0.25) is 0 Å². The Hall–Kier alpha value is -1.72. The molecule has 0 radical (unpaired) electrons. The summed E-state index contributed by atoms with van der Waals surface area (Å²) in [7, 11) is 0. The lowest BCUT2D eigenvalue weighted by atomic mass is 9.97. The van der Waals surface area contributed by atoms with Crippen LogP contribution < -0.4 is 5.56 Å². The molecule has 0 aromatic carbocycles. The first-order valence-electron chi connectivity index (χ1n) is 8.51.